The molecule has 2 rings (SSSR count). The molecule has 0 amide bonds. The minimum absolute atomic E-state index is 0.0904. The Labute approximate surface area is 153 Å². The predicted molar refractivity (Wildman–Crippen MR) is 95.8 cm³/mol. The number of nitrogens with one attached hydrogen (secondary N) is 1. The Morgan fingerprint density at radius 3 is 2.41 bits per heavy atom. The Bertz CT molecular complexity index is 938. The quantitative estimate of drug-likeness (QED) is 0.517. The minimum Gasteiger partial charge on any atom is -0.493 e. The summed E-state index contributed by atoms with van der Waals surface area (Å²) in [6.07, 6.45) is 2.62. The fourth-order valence-electron chi connectivity index (χ4n) is 2.67. The minimum atomic E-state index is -1.66. The smallest absolute Gasteiger partial charge is 0.342 e. The first-order valence-corrected chi connectivity index (χ1v) is 8.22. The summed E-state index contributed by atoms with van der Waals surface area (Å²) in [5, 5.41) is 18.8. The number of carboxylic acids is 2. The van der Waals surface area contributed by atoms with Gasteiger partial charge in [-0.25, -0.2) is 14.0 Å². The van der Waals surface area contributed by atoms with Crippen LogP contribution >= 0.6 is 0 Å². The number of aromatic amines is 1. The number of hydrogen-bond donors (Lipinski definition) is 4. The van der Waals surface area contributed by atoms with E-state index in [4.69, 9.17) is 10.5 Å². The number of carboxylic acid groups (broad SMARTS) is 2. The molecule has 0 unspecified atom stereocenters. The first-order chi connectivity index (χ1) is 12.8. The van der Waals surface area contributed by atoms with Gasteiger partial charge in [0.25, 0.3) is 5.56 Å². The van der Waals surface area contributed by atoms with Crippen LogP contribution in [0.2, 0.25) is 0 Å². The lowest BCUT2D eigenvalue weighted by Gasteiger charge is -2.14. The summed E-state index contributed by atoms with van der Waals surface area (Å²) < 4.78 is 19.5. The summed E-state index contributed by atoms with van der Waals surface area (Å²) in [5.41, 5.74) is 2.39. The molecule has 0 aliphatic rings. The van der Waals surface area contributed by atoms with Gasteiger partial charge in [0.2, 0.25) is 0 Å². The second kappa shape index (κ2) is 8.35. The molecular formula is C18H19FN2O6. The Morgan fingerprint density at radius 1 is 1.15 bits per heavy atom. The van der Waals surface area contributed by atoms with Crippen LogP contribution in [-0.2, 0) is 0 Å². The number of pyridine rings is 1. The van der Waals surface area contributed by atoms with E-state index in [2.05, 4.69) is 0 Å². The third kappa shape index (κ3) is 4.43. The third-order valence-electron chi connectivity index (χ3n) is 3.85. The zero-order valence-corrected chi connectivity index (χ0v) is 14.5. The van der Waals surface area contributed by atoms with E-state index in [1.54, 1.807) is 0 Å². The van der Waals surface area contributed by atoms with Gasteiger partial charge in [0, 0.05) is 11.6 Å². The SMILES string of the molecule is CCCCCOc1cc(F)cc(-c2c(C(=O)O)c(N)[nH]c(=O)c2C(=O)O)c1. The largest absolute Gasteiger partial charge is 0.493 e. The van der Waals surface area contributed by atoms with Crippen LogP contribution in [0.25, 0.3) is 11.1 Å². The average molecular weight is 378 g/mol. The molecule has 0 saturated heterocycles. The molecule has 0 bridgehead atoms. The van der Waals surface area contributed by atoms with Crippen molar-refractivity contribution in [1.29, 1.82) is 0 Å². The van der Waals surface area contributed by atoms with Gasteiger partial charge >= 0.3 is 11.9 Å². The van der Waals surface area contributed by atoms with E-state index in [1.807, 2.05) is 11.9 Å². The van der Waals surface area contributed by atoms with Gasteiger partial charge in [-0.2, -0.15) is 0 Å². The Hall–Kier alpha value is -3.36. The summed E-state index contributed by atoms with van der Waals surface area (Å²) in [5.74, 6) is -4.43. The summed E-state index contributed by atoms with van der Waals surface area (Å²) in [6, 6.07) is 3.29. The van der Waals surface area contributed by atoms with Crippen molar-refractivity contribution in [2.24, 2.45) is 0 Å². The molecule has 5 N–H and O–H groups in total. The van der Waals surface area contributed by atoms with Gasteiger partial charge in [0.05, 0.1) is 6.61 Å². The van der Waals surface area contributed by atoms with Gasteiger partial charge in [-0.3, -0.25) is 4.79 Å². The first-order valence-electron chi connectivity index (χ1n) is 8.22. The maximum absolute atomic E-state index is 14.1. The highest BCUT2D eigenvalue weighted by molar-refractivity contribution is 6.07. The summed E-state index contributed by atoms with van der Waals surface area (Å²) in [7, 11) is 0. The number of rotatable bonds is 8. The van der Waals surface area contributed by atoms with Crippen LogP contribution in [-0.4, -0.2) is 33.7 Å². The van der Waals surface area contributed by atoms with E-state index >= 15 is 0 Å². The van der Waals surface area contributed by atoms with Gasteiger partial charge in [0.1, 0.15) is 28.5 Å². The monoisotopic (exact) mass is 378 g/mol. The third-order valence-corrected chi connectivity index (χ3v) is 3.85. The van der Waals surface area contributed by atoms with Gasteiger partial charge in [-0.1, -0.05) is 19.8 Å². The number of halogens is 1. The zero-order valence-electron chi connectivity index (χ0n) is 14.5. The van der Waals surface area contributed by atoms with Crippen LogP contribution in [0, 0.1) is 5.82 Å². The molecule has 144 valence electrons. The molecular weight excluding hydrogens is 359 g/mol. The number of nitrogens with two attached hydrogens (primary N) is 1. The average Bonchev–Trinajstić information content (AvgIpc) is 2.56. The number of carbonyl (C=O) groups is 2. The molecule has 27 heavy (non-hydrogen) atoms. The number of anilines is 1. The van der Waals surface area contributed by atoms with Crippen LogP contribution < -0.4 is 16.0 Å². The molecule has 8 nitrogen and oxygen atoms in total. The van der Waals surface area contributed by atoms with Crippen LogP contribution in [0.4, 0.5) is 10.2 Å². The highest BCUT2D eigenvalue weighted by atomic mass is 19.1. The Kier molecular flexibility index (Phi) is 6.17. The van der Waals surface area contributed by atoms with Crippen molar-refractivity contribution in [3.05, 3.63) is 45.5 Å². The summed E-state index contributed by atoms with van der Waals surface area (Å²) in [4.78, 5) is 37.2. The molecule has 0 fully saturated rings. The van der Waals surface area contributed by atoms with E-state index in [9.17, 15) is 29.0 Å². The van der Waals surface area contributed by atoms with E-state index in [1.165, 1.54) is 6.07 Å². The maximum atomic E-state index is 14.1. The molecule has 1 heterocycles. The second-order valence-electron chi connectivity index (χ2n) is 5.83. The molecule has 9 heteroatoms. The molecule has 0 atom stereocenters. The van der Waals surface area contributed by atoms with E-state index < -0.39 is 45.8 Å². The number of ether oxygens (including phenoxy) is 1. The van der Waals surface area contributed by atoms with Crippen molar-refractivity contribution < 1.29 is 28.9 Å². The van der Waals surface area contributed by atoms with E-state index in [0.717, 1.165) is 31.4 Å². The predicted octanol–water partition coefficient (Wildman–Crippen LogP) is 2.73. The number of unbranched alkanes of at least 4 members (excludes halogenated alkanes) is 2. The highest BCUT2D eigenvalue weighted by Crippen LogP contribution is 2.32. The zero-order chi connectivity index (χ0) is 20.1. The lowest BCUT2D eigenvalue weighted by atomic mass is 9.95. The Balaban J connectivity index is 2.66. The van der Waals surface area contributed by atoms with Crippen LogP contribution in [0.3, 0.4) is 0 Å². The van der Waals surface area contributed by atoms with Crippen molar-refractivity contribution in [3.63, 3.8) is 0 Å². The van der Waals surface area contributed by atoms with Crippen LogP contribution in [0.15, 0.2) is 23.0 Å². The molecule has 0 saturated carbocycles. The molecule has 1 aromatic carbocycles. The highest BCUT2D eigenvalue weighted by Gasteiger charge is 2.27. The molecule has 0 radical (unpaired) electrons. The topological polar surface area (TPSA) is 143 Å². The molecule has 0 aliphatic heterocycles. The first kappa shape index (κ1) is 20.0. The van der Waals surface area contributed by atoms with E-state index in [0.29, 0.717) is 6.61 Å². The Morgan fingerprint density at radius 2 is 1.81 bits per heavy atom. The number of aromatic carboxylic acids is 2. The van der Waals surface area contributed by atoms with Crippen molar-refractivity contribution in [1.82, 2.24) is 4.98 Å². The molecule has 2 aromatic rings. The standard InChI is InChI=1S/C18H19FN2O6/c1-2-3-4-5-27-11-7-9(6-10(19)8-11)12-13(17(23)24)15(20)21-16(22)14(12)18(25)26/h6-8H,2-5H2,1H3,(H,23,24)(H,25,26)(H3,20,21,22). The second-order valence-corrected chi connectivity index (χ2v) is 5.83. The van der Waals surface area contributed by atoms with Crippen molar-refractivity contribution >= 4 is 17.8 Å². The van der Waals surface area contributed by atoms with Crippen molar-refractivity contribution in [2.75, 3.05) is 12.3 Å². The maximum Gasteiger partial charge on any atom is 0.342 e. The summed E-state index contributed by atoms with van der Waals surface area (Å²) in [6.45, 7) is 2.32. The number of H-pyrrole nitrogens is 1. The van der Waals surface area contributed by atoms with Gasteiger partial charge in [-0.15, -0.1) is 0 Å². The lowest BCUT2D eigenvalue weighted by molar-refractivity contribution is 0.0695. The number of nitrogen functional groups attached to an aromatic ring is 1. The lowest BCUT2D eigenvalue weighted by Crippen LogP contribution is -2.24. The number of hydrogen-bond acceptors (Lipinski definition) is 5. The number of aromatic nitrogens is 1. The number of benzene rings is 1. The molecule has 0 aliphatic carbocycles. The molecule has 1 aromatic heterocycles. The van der Waals surface area contributed by atoms with Gasteiger partial charge in [-0.05, 0) is 24.1 Å². The van der Waals surface area contributed by atoms with Crippen LogP contribution in [0.5, 0.6) is 5.75 Å². The summed E-state index contributed by atoms with van der Waals surface area (Å²) >= 11 is 0. The van der Waals surface area contributed by atoms with Crippen molar-refractivity contribution in [3.8, 4) is 16.9 Å². The van der Waals surface area contributed by atoms with Crippen molar-refractivity contribution in [2.45, 2.75) is 26.2 Å². The molecule has 0 spiro atoms. The van der Waals surface area contributed by atoms with Crippen LogP contribution in [0.1, 0.15) is 46.9 Å². The van der Waals surface area contributed by atoms with Gasteiger partial charge in [0.15, 0.2) is 0 Å². The fraction of sp³-hybridized carbons (Fsp3) is 0.278. The normalized spacial score (nSPS) is 10.6. The van der Waals surface area contributed by atoms with E-state index in [-0.39, 0.29) is 11.3 Å². The van der Waals surface area contributed by atoms with Gasteiger partial charge < -0.3 is 25.7 Å². The fourth-order valence-corrected chi connectivity index (χ4v) is 2.67.